The second kappa shape index (κ2) is 10.6. The third-order valence-electron chi connectivity index (χ3n) is 5.56. The van der Waals surface area contributed by atoms with Crippen LogP contribution in [-0.4, -0.2) is 40.9 Å². The zero-order valence-corrected chi connectivity index (χ0v) is 19.0. The number of nitrogens with two attached hydrogens (primary N) is 1. The summed E-state index contributed by atoms with van der Waals surface area (Å²) in [6.07, 6.45) is 3.30. The van der Waals surface area contributed by atoms with Crippen LogP contribution in [0, 0.1) is 5.82 Å². The SMILES string of the molecule is Nc1ncc(-c2cccc(C(=O)NCc3c(F)cccc3Cl)c2)nc1C(=O)NC1CCCNC1. The van der Waals surface area contributed by atoms with Gasteiger partial charge in [0.25, 0.3) is 11.8 Å². The molecule has 4 rings (SSSR count). The van der Waals surface area contributed by atoms with Crippen LogP contribution in [0.15, 0.2) is 48.7 Å². The van der Waals surface area contributed by atoms with Crippen molar-refractivity contribution >= 4 is 29.2 Å². The van der Waals surface area contributed by atoms with E-state index in [-0.39, 0.29) is 34.7 Å². The highest BCUT2D eigenvalue weighted by atomic mass is 35.5. The molecule has 1 unspecified atom stereocenters. The number of nitrogens with one attached hydrogen (secondary N) is 3. The first-order valence-electron chi connectivity index (χ1n) is 10.9. The lowest BCUT2D eigenvalue weighted by molar-refractivity contribution is 0.0923. The number of nitrogen functional groups attached to an aromatic ring is 1. The number of piperidine rings is 1. The number of carbonyl (C=O) groups is 2. The maximum Gasteiger partial charge on any atom is 0.274 e. The van der Waals surface area contributed by atoms with Crippen LogP contribution in [-0.2, 0) is 6.54 Å². The third-order valence-corrected chi connectivity index (χ3v) is 5.91. The van der Waals surface area contributed by atoms with Gasteiger partial charge in [-0.1, -0.05) is 29.8 Å². The number of nitrogens with zero attached hydrogens (tertiary/aromatic N) is 2. The molecule has 1 aliphatic rings. The summed E-state index contributed by atoms with van der Waals surface area (Å²) >= 11 is 6.03. The van der Waals surface area contributed by atoms with Gasteiger partial charge in [-0.25, -0.2) is 14.4 Å². The third kappa shape index (κ3) is 5.49. The topological polar surface area (TPSA) is 122 Å². The molecule has 8 nitrogen and oxygen atoms in total. The van der Waals surface area contributed by atoms with Crippen molar-refractivity contribution in [1.82, 2.24) is 25.9 Å². The summed E-state index contributed by atoms with van der Waals surface area (Å²) < 4.78 is 14.0. The summed E-state index contributed by atoms with van der Waals surface area (Å²) in [4.78, 5) is 33.9. The Balaban J connectivity index is 1.50. The molecule has 3 aromatic rings. The molecule has 2 amide bonds. The van der Waals surface area contributed by atoms with Gasteiger partial charge in [-0.3, -0.25) is 9.59 Å². The van der Waals surface area contributed by atoms with Crippen molar-refractivity contribution in [3.63, 3.8) is 0 Å². The molecule has 176 valence electrons. The molecule has 1 saturated heterocycles. The van der Waals surface area contributed by atoms with E-state index in [1.165, 1.54) is 18.3 Å². The highest BCUT2D eigenvalue weighted by Crippen LogP contribution is 2.21. The molecule has 1 atom stereocenters. The monoisotopic (exact) mass is 482 g/mol. The largest absolute Gasteiger partial charge is 0.382 e. The molecule has 1 aromatic heterocycles. The lowest BCUT2D eigenvalue weighted by Gasteiger charge is -2.23. The maximum absolute atomic E-state index is 14.0. The van der Waals surface area contributed by atoms with Crippen molar-refractivity contribution in [2.75, 3.05) is 18.8 Å². The van der Waals surface area contributed by atoms with Crippen LogP contribution in [0.4, 0.5) is 10.2 Å². The highest BCUT2D eigenvalue weighted by molar-refractivity contribution is 6.31. The number of hydrogen-bond donors (Lipinski definition) is 4. The molecule has 0 radical (unpaired) electrons. The second-order valence-electron chi connectivity index (χ2n) is 7.97. The van der Waals surface area contributed by atoms with E-state index in [1.54, 1.807) is 30.3 Å². The maximum atomic E-state index is 14.0. The minimum absolute atomic E-state index is 0.00100. The number of hydrogen-bond acceptors (Lipinski definition) is 6. The van der Waals surface area contributed by atoms with Crippen molar-refractivity contribution in [1.29, 1.82) is 0 Å². The zero-order chi connectivity index (χ0) is 24.1. The van der Waals surface area contributed by atoms with Gasteiger partial charge in [0, 0.05) is 40.8 Å². The number of rotatable bonds is 6. The van der Waals surface area contributed by atoms with E-state index < -0.39 is 17.6 Å². The molecule has 0 bridgehead atoms. The van der Waals surface area contributed by atoms with Gasteiger partial charge in [0.15, 0.2) is 11.5 Å². The Labute approximate surface area is 201 Å². The first kappa shape index (κ1) is 23.6. The van der Waals surface area contributed by atoms with E-state index in [0.717, 1.165) is 19.4 Å². The van der Waals surface area contributed by atoms with E-state index in [9.17, 15) is 14.0 Å². The van der Waals surface area contributed by atoms with Crippen LogP contribution >= 0.6 is 11.6 Å². The van der Waals surface area contributed by atoms with Gasteiger partial charge in [0.1, 0.15) is 5.82 Å². The van der Waals surface area contributed by atoms with E-state index in [0.29, 0.717) is 23.4 Å². The smallest absolute Gasteiger partial charge is 0.274 e. The zero-order valence-electron chi connectivity index (χ0n) is 18.3. The van der Waals surface area contributed by atoms with Gasteiger partial charge in [-0.05, 0) is 43.7 Å². The Hall–Kier alpha value is -3.56. The summed E-state index contributed by atoms with van der Waals surface area (Å²) in [5.74, 6) is -1.27. The van der Waals surface area contributed by atoms with Crippen LogP contribution in [0.1, 0.15) is 39.3 Å². The lowest BCUT2D eigenvalue weighted by Crippen LogP contribution is -2.46. The number of halogens is 2. The van der Waals surface area contributed by atoms with Crippen molar-refractivity contribution < 1.29 is 14.0 Å². The van der Waals surface area contributed by atoms with Crippen LogP contribution in [0.5, 0.6) is 0 Å². The lowest BCUT2D eigenvalue weighted by atomic mass is 10.1. The molecule has 34 heavy (non-hydrogen) atoms. The molecular formula is C24H24ClFN6O2. The minimum Gasteiger partial charge on any atom is -0.382 e. The molecular weight excluding hydrogens is 459 g/mol. The fourth-order valence-corrected chi connectivity index (χ4v) is 3.95. The van der Waals surface area contributed by atoms with Gasteiger partial charge in [0.05, 0.1) is 11.9 Å². The normalized spacial score (nSPS) is 15.5. The van der Waals surface area contributed by atoms with Crippen LogP contribution in [0.25, 0.3) is 11.3 Å². The van der Waals surface area contributed by atoms with Crippen LogP contribution in [0.3, 0.4) is 0 Å². The molecule has 1 aliphatic heterocycles. The average molecular weight is 483 g/mol. The van der Waals surface area contributed by atoms with E-state index in [4.69, 9.17) is 17.3 Å². The molecule has 10 heteroatoms. The summed E-state index contributed by atoms with van der Waals surface area (Å²) in [6.45, 7) is 1.56. The quantitative estimate of drug-likeness (QED) is 0.428. The Bertz CT molecular complexity index is 1200. The van der Waals surface area contributed by atoms with E-state index >= 15 is 0 Å². The molecule has 2 aromatic carbocycles. The predicted molar refractivity (Wildman–Crippen MR) is 128 cm³/mol. The Morgan fingerprint density at radius 3 is 2.79 bits per heavy atom. The number of anilines is 1. The molecule has 0 spiro atoms. The fourth-order valence-electron chi connectivity index (χ4n) is 3.73. The highest BCUT2D eigenvalue weighted by Gasteiger charge is 2.20. The van der Waals surface area contributed by atoms with Crippen molar-refractivity contribution in [2.45, 2.75) is 25.4 Å². The first-order valence-corrected chi connectivity index (χ1v) is 11.3. The minimum atomic E-state index is -0.492. The van der Waals surface area contributed by atoms with Crippen molar-refractivity contribution in [3.8, 4) is 11.3 Å². The standard InChI is InChI=1S/C24H24ClFN6O2/c25-18-7-2-8-19(26)17(18)12-30-23(33)15-5-1-4-14(10-15)20-13-29-22(27)21(32-20)24(34)31-16-6-3-9-28-11-16/h1-2,4-5,7-8,10,13,16,28H,3,6,9,11-12H2,(H2,27,29)(H,30,33)(H,31,34). The molecule has 5 N–H and O–H groups in total. The Kier molecular flexibility index (Phi) is 7.34. The number of benzene rings is 2. The number of carbonyl (C=O) groups excluding carboxylic acids is 2. The van der Waals surface area contributed by atoms with E-state index in [2.05, 4.69) is 25.9 Å². The van der Waals surface area contributed by atoms with Gasteiger partial charge >= 0.3 is 0 Å². The molecule has 0 saturated carbocycles. The van der Waals surface area contributed by atoms with E-state index in [1.807, 2.05) is 0 Å². The Morgan fingerprint density at radius 2 is 2.03 bits per heavy atom. The Morgan fingerprint density at radius 1 is 1.21 bits per heavy atom. The predicted octanol–water partition coefficient (Wildman–Crippen LogP) is 2.93. The fraction of sp³-hybridized carbons (Fsp3) is 0.250. The van der Waals surface area contributed by atoms with Gasteiger partial charge < -0.3 is 21.7 Å². The summed E-state index contributed by atoms with van der Waals surface area (Å²) in [7, 11) is 0. The van der Waals surface area contributed by atoms with Crippen LogP contribution in [0.2, 0.25) is 5.02 Å². The van der Waals surface area contributed by atoms with Gasteiger partial charge in [0.2, 0.25) is 0 Å². The summed E-state index contributed by atoms with van der Waals surface area (Å²) in [5, 5.41) is 9.08. The summed E-state index contributed by atoms with van der Waals surface area (Å²) in [5.41, 5.74) is 7.47. The number of aromatic nitrogens is 2. The van der Waals surface area contributed by atoms with Crippen molar-refractivity contribution in [2.24, 2.45) is 0 Å². The average Bonchev–Trinajstić information content (AvgIpc) is 2.84. The van der Waals surface area contributed by atoms with Crippen molar-refractivity contribution in [3.05, 3.63) is 76.3 Å². The molecule has 1 fully saturated rings. The van der Waals surface area contributed by atoms with Crippen LogP contribution < -0.4 is 21.7 Å². The second-order valence-corrected chi connectivity index (χ2v) is 8.38. The summed E-state index contributed by atoms with van der Waals surface area (Å²) in [6, 6.07) is 11.0. The molecule has 2 heterocycles. The van der Waals surface area contributed by atoms with Gasteiger partial charge in [-0.15, -0.1) is 0 Å². The number of amides is 2. The van der Waals surface area contributed by atoms with Gasteiger partial charge in [-0.2, -0.15) is 0 Å². The first-order chi connectivity index (χ1) is 16.4. The molecule has 0 aliphatic carbocycles.